The summed E-state index contributed by atoms with van der Waals surface area (Å²) in [5.74, 6) is 2.35. The Morgan fingerprint density at radius 1 is 0.955 bits per heavy atom. The van der Waals surface area contributed by atoms with Crippen molar-refractivity contribution in [1.82, 2.24) is 0 Å². The van der Waals surface area contributed by atoms with Gasteiger partial charge in [0.1, 0.15) is 5.78 Å². The number of aliphatic hydroxyl groups excluding tert-OH is 2. The highest BCUT2D eigenvalue weighted by Gasteiger charge is 2.61. The Kier molecular flexibility index (Phi) is 3.30. The average molecular weight is 306 g/mol. The van der Waals surface area contributed by atoms with E-state index in [1.165, 1.54) is 0 Å². The highest BCUT2D eigenvalue weighted by atomic mass is 16.3. The number of hydrogen-bond donors (Lipinski definition) is 2. The van der Waals surface area contributed by atoms with Gasteiger partial charge in [-0.1, -0.05) is 13.8 Å². The molecular weight excluding hydrogens is 276 g/mol. The summed E-state index contributed by atoms with van der Waals surface area (Å²) >= 11 is 0. The lowest BCUT2D eigenvalue weighted by Crippen LogP contribution is -2.58. The van der Waals surface area contributed by atoms with Gasteiger partial charge in [-0.3, -0.25) is 4.79 Å². The van der Waals surface area contributed by atoms with Crippen LogP contribution in [-0.4, -0.2) is 28.2 Å². The fraction of sp³-hybridized carbons (Fsp3) is 0.947. The van der Waals surface area contributed by atoms with Crippen molar-refractivity contribution in [3.63, 3.8) is 0 Å². The van der Waals surface area contributed by atoms with E-state index >= 15 is 0 Å². The summed E-state index contributed by atoms with van der Waals surface area (Å²) in [6.45, 7) is 4.55. The molecule has 3 nitrogen and oxygen atoms in total. The van der Waals surface area contributed by atoms with Crippen molar-refractivity contribution in [2.45, 2.75) is 77.4 Å². The molecule has 0 aromatic heterocycles. The van der Waals surface area contributed by atoms with E-state index in [2.05, 4.69) is 13.8 Å². The maximum Gasteiger partial charge on any atom is 0.139 e. The minimum absolute atomic E-state index is 0.113. The van der Waals surface area contributed by atoms with Crippen molar-refractivity contribution in [1.29, 1.82) is 0 Å². The van der Waals surface area contributed by atoms with Gasteiger partial charge in [0.15, 0.2) is 0 Å². The van der Waals surface area contributed by atoms with Crippen LogP contribution in [0.3, 0.4) is 0 Å². The normalized spacial score (nSPS) is 57.9. The summed E-state index contributed by atoms with van der Waals surface area (Å²) in [4.78, 5) is 12.4. The topological polar surface area (TPSA) is 57.5 Å². The van der Waals surface area contributed by atoms with Gasteiger partial charge in [0, 0.05) is 11.8 Å². The van der Waals surface area contributed by atoms with E-state index in [4.69, 9.17) is 0 Å². The number of ketones is 1. The molecule has 8 atom stereocenters. The molecule has 0 amide bonds. The molecule has 0 bridgehead atoms. The maximum atomic E-state index is 12.4. The van der Waals surface area contributed by atoms with Gasteiger partial charge in [-0.25, -0.2) is 0 Å². The summed E-state index contributed by atoms with van der Waals surface area (Å²) in [6.07, 6.45) is 6.97. The van der Waals surface area contributed by atoms with Gasteiger partial charge >= 0.3 is 0 Å². The predicted octanol–water partition coefficient (Wildman–Crippen LogP) is 2.93. The molecule has 2 N–H and O–H groups in total. The Morgan fingerprint density at radius 3 is 2.50 bits per heavy atom. The smallest absolute Gasteiger partial charge is 0.139 e. The second-order valence-corrected chi connectivity index (χ2v) is 9.14. The van der Waals surface area contributed by atoms with Crippen molar-refractivity contribution in [3.05, 3.63) is 0 Å². The van der Waals surface area contributed by atoms with Crippen LogP contribution in [0.2, 0.25) is 0 Å². The zero-order chi connectivity index (χ0) is 15.7. The maximum absolute atomic E-state index is 12.4. The molecule has 0 heterocycles. The third kappa shape index (κ3) is 1.84. The van der Waals surface area contributed by atoms with Crippen LogP contribution in [0.5, 0.6) is 0 Å². The van der Waals surface area contributed by atoms with Crippen LogP contribution in [0.25, 0.3) is 0 Å². The van der Waals surface area contributed by atoms with Crippen molar-refractivity contribution in [3.8, 4) is 0 Å². The second-order valence-electron chi connectivity index (χ2n) is 9.14. The van der Waals surface area contributed by atoms with Crippen LogP contribution in [0.1, 0.15) is 65.2 Å². The molecule has 0 aromatic carbocycles. The third-order valence-electron chi connectivity index (χ3n) is 8.36. The molecule has 4 aliphatic carbocycles. The summed E-state index contributed by atoms with van der Waals surface area (Å²) in [5, 5.41) is 20.8. The SMILES string of the molecule is CC12CCC3C(CC(O)C4CC(O)CCC43C)C1CCC2=O. The molecule has 0 spiro atoms. The third-order valence-corrected chi connectivity index (χ3v) is 8.36. The van der Waals surface area contributed by atoms with Gasteiger partial charge in [0.2, 0.25) is 0 Å². The molecule has 22 heavy (non-hydrogen) atoms. The van der Waals surface area contributed by atoms with Crippen molar-refractivity contribution in [2.75, 3.05) is 0 Å². The standard InChI is InChI=1S/C19H30O3/c1-18-7-5-11(20)9-15(18)16(21)10-12-13-3-4-17(22)19(13,2)8-6-14(12)18/h11-16,20-21H,3-10H2,1-2H3. The van der Waals surface area contributed by atoms with Crippen LogP contribution >= 0.6 is 0 Å². The predicted molar refractivity (Wildman–Crippen MR) is 84.1 cm³/mol. The first-order chi connectivity index (χ1) is 10.4. The molecule has 0 radical (unpaired) electrons. The lowest BCUT2D eigenvalue weighted by Gasteiger charge is -2.61. The number of carbonyl (C=O) groups is 1. The van der Waals surface area contributed by atoms with Crippen molar-refractivity contribution < 1.29 is 15.0 Å². The lowest BCUT2D eigenvalue weighted by atomic mass is 9.44. The number of aliphatic hydroxyl groups is 2. The van der Waals surface area contributed by atoms with E-state index in [1.807, 2.05) is 0 Å². The van der Waals surface area contributed by atoms with Gasteiger partial charge in [0.25, 0.3) is 0 Å². The zero-order valence-corrected chi connectivity index (χ0v) is 13.9. The van der Waals surface area contributed by atoms with Crippen LogP contribution in [0.15, 0.2) is 0 Å². The van der Waals surface area contributed by atoms with Gasteiger partial charge in [-0.05, 0) is 74.0 Å². The minimum Gasteiger partial charge on any atom is -0.393 e. The van der Waals surface area contributed by atoms with Crippen molar-refractivity contribution >= 4 is 5.78 Å². The number of hydrogen-bond acceptors (Lipinski definition) is 3. The first kappa shape index (κ1) is 15.1. The minimum atomic E-state index is -0.292. The van der Waals surface area contributed by atoms with Gasteiger partial charge in [-0.15, -0.1) is 0 Å². The largest absolute Gasteiger partial charge is 0.393 e. The number of rotatable bonds is 0. The van der Waals surface area contributed by atoms with Gasteiger partial charge in [0.05, 0.1) is 12.2 Å². The number of Topliss-reactive ketones (excluding diaryl/α,β-unsaturated/α-hetero) is 1. The fourth-order valence-electron chi connectivity index (χ4n) is 7.05. The Balaban J connectivity index is 1.68. The molecule has 4 fully saturated rings. The summed E-state index contributed by atoms with van der Waals surface area (Å²) in [6, 6.07) is 0. The van der Waals surface area contributed by atoms with E-state index in [-0.39, 0.29) is 29.0 Å². The molecule has 3 heteroatoms. The van der Waals surface area contributed by atoms with Gasteiger partial charge in [-0.2, -0.15) is 0 Å². The number of fused-ring (bicyclic) bond motifs is 5. The Morgan fingerprint density at radius 2 is 1.73 bits per heavy atom. The van der Waals surface area contributed by atoms with E-state index in [1.54, 1.807) is 0 Å². The van der Waals surface area contributed by atoms with Crippen LogP contribution in [0.4, 0.5) is 0 Å². The van der Waals surface area contributed by atoms with E-state index in [0.717, 1.165) is 51.4 Å². The van der Waals surface area contributed by atoms with Crippen molar-refractivity contribution in [2.24, 2.45) is 34.5 Å². The van der Waals surface area contributed by atoms with Crippen LogP contribution in [0, 0.1) is 34.5 Å². The molecular formula is C19H30O3. The van der Waals surface area contributed by atoms with E-state index in [9.17, 15) is 15.0 Å². The molecule has 4 rings (SSSR count). The average Bonchev–Trinajstić information content (AvgIpc) is 2.77. The summed E-state index contributed by atoms with van der Waals surface area (Å²) in [5.41, 5.74) is 0.0484. The Bertz CT molecular complexity index is 489. The first-order valence-corrected chi connectivity index (χ1v) is 9.25. The number of carbonyl (C=O) groups excluding carboxylic acids is 1. The molecule has 0 aliphatic heterocycles. The van der Waals surface area contributed by atoms with E-state index < -0.39 is 0 Å². The Labute approximate surface area is 133 Å². The van der Waals surface area contributed by atoms with Gasteiger partial charge < -0.3 is 10.2 Å². The molecule has 8 unspecified atom stereocenters. The highest BCUT2D eigenvalue weighted by molar-refractivity contribution is 5.87. The zero-order valence-electron chi connectivity index (χ0n) is 13.9. The van der Waals surface area contributed by atoms with Crippen LogP contribution in [-0.2, 0) is 4.79 Å². The second kappa shape index (κ2) is 4.80. The first-order valence-electron chi connectivity index (χ1n) is 9.25. The summed E-state index contributed by atoms with van der Waals surface area (Å²) < 4.78 is 0. The Hall–Kier alpha value is -0.410. The lowest BCUT2D eigenvalue weighted by molar-refractivity contribution is -0.170. The summed E-state index contributed by atoms with van der Waals surface area (Å²) in [7, 11) is 0. The molecule has 0 aromatic rings. The fourth-order valence-corrected chi connectivity index (χ4v) is 7.05. The molecule has 4 aliphatic rings. The monoisotopic (exact) mass is 306 g/mol. The molecule has 4 saturated carbocycles. The van der Waals surface area contributed by atoms with Crippen LogP contribution < -0.4 is 0 Å². The quantitative estimate of drug-likeness (QED) is 0.723. The molecule has 0 saturated heterocycles. The molecule has 124 valence electrons. The van der Waals surface area contributed by atoms with E-state index in [0.29, 0.717) is 23.5 Å². The highest BCUT2D eigenvalue weighted by Crippen LogP contribution is 2.65.